The fourth-order valence-electron chi connectivity index (χ4n) is 1.54. The van der Waals surface area contributed by atoms with E-state index < -0.39 is 0 Å². The van der Waals surface area contributed by atoms with Crippen LogP contribution in [0, 0.1) is 3.57 Å². The molecule has 0 aliphatic carbocycles. The van der Waals surface area contributed by atoms with E-state index in [0.717, 1.165) is 13.7 Å². The number of rotatable bonds is 3. The molecule has 2 rings (SSSR count). The zero-order chi connectivity index (χ0) is 13.8. The second-order valence-corrected chi connectivity index (χ2v) is 6.79. The van der Waals surface area contributed by atoms with Crippen LogP contribution in [0.4, 0.5) is 5.69 Å². The first kappa shape index (κ1) is 14.9. The van der Waals surface area contributed by atoms with E-state index in [1.54, 1.807) is 11.8 Å². The Morgan fingerprint density at radius 1 is 1.21 bits per heavy atom. The number of amides is 1. The number of benzene rings is 2. The molecule has 1 N–H and O–H groups in total. The van der Waals surface area contributed by atoms with Crippen molar-refractivity contribution in [1.82, 2.24) is 0 Å². The highest BCUT2D eigenvalue weighted by Gasteiger charge is 2.10. The van der Waals surface area contributed by atoms with E-state index in [2.05, 4.69) is 43.8 Å². The number of hydrogen-bond acceptors (Lipinski definition) is 2. The van der Waals surface area contributed by atoms with E-state index in [1.807, 2.05) is 48.7 Å². The van der Waals surface area contributed by atoms with Crippen LogP contribution in [-0.4, -0.2) is 12.2 Å². The summed E-state index contributed by atoms with van der Waals surface area (Å²) >= 11 is 7.27. The predicted molar refractivity (Wildman–Crippen MR) is 93.0 cm³/mol. The van der Waals surface area contributed by atoms with Gasteiger partial charge in [-0.05, 0) is 87.2 Å². The summed E-state index contributed by atoms with van der Waals surface area (Å²) in [5.41, 5.74) is 1.44. The van der Waals surface area contributed by atoms with Gasteiger partial charge in [-0.25, -0.2) is 0 Å². The smallest absolute Gasteiger partial charge is 0.256 e. The average molecular weight is 448 g/mol. The first-order valence-electron chi connectivity index (χ1n) is 5.50. The molecule has 0 saturated heterocycles. The summed E-state index contributed by atoms with van der Waals surface area (Å²) in [5, 5.41) is 2.90. The third-order valence-corrected chi connectivity index (χ3v) is 4.63. The summed E-state index contributed by atoms with van der Waals surface area (Å²) in [6.45, 7) is 0. The first-order valence-corrected chi connectivity index (χ1v) is 8.60. The zero-order valence-corrected chi connectivity index (χ0v) is 14.7. The van der Waals surface area contributed by atoms with E-state index in [9.17, 15) is 4.79 Å². The molecule has 0 spiro atoms. The molecule has 0 saturated carbocycles. The Kier molecular flexibility index (Phi) is 5.29. The largest absolute Gasteiger partial charge is 0.322 e. The monoisotopic (exact) mass is 447 g/mol. The molecule has 1 amide bonds. The van der Waals surface area contributed by atoms with E-state index >= 15 is 0 Å². The summed E-state index contributed by atoms with van der Waals surface area (Å²) < 4.78 is 1.83. The maximum absolute atomic E-state index is 12.2. The van der Waals surface area contributed by atoms with E-state index in [0.29, 0.717) is 5.56 Å². The number of carbonyl (C=O) groups excluding carboxylic acids is 1. The lowest BCUT2D eigenvalue weighted by Crippen LogP contribution is -2.12. The van der Waals surface area contributed by atoms with Crippen molar-refractivity contribution in [3.05, 3.63) is 56.1 Å². The van der Waals surface area contributed by atoms with Gasteiger partial charge in [0.05, 0.1) is 5.56 Å². The van der Waals surface area contributed by atoms with Gasteiger partial charge in [-0.3, -0.25) is 4.79 Å². The molecule has 0 bridgehead atoms. The number of nitrogens with one attached hydrogen (secondary N) is 1. The topological polar surface area (TPSA) is 29.1 Å². The molecule has 0 fully saturated rings. The van der Waals surface area contributed by atoms with Crippen molar-refractivity contribution in [2.24, 2.45) is 0 Å². The Morgan fingerprint density at radius 2 is 1.89 bits per heavy atom. The van der Waals surface area contributed by atoms with Gasteiger partial charge in [-0.2, -0.15) is 0 Å². The van der Waals surface area contributed by atoms with Crippen molar-refractivity contribution < 1.29 is 4.79 Å². The molecule has 2 aromatic carbocycles. The molecule has 0 atom stereocenters. The fourth-order valence-corrected chi connectivity index (χ4v) is 2.87. The molecule has 0 heterocycles. The summed E-state index contributed by atoms with van der Waals surface area (Å²) in [5.74, 6) is -0.109. The van der Waals surface area contributed by atoms with Crippen LogP contribution in [0.5, 0.6) is 0 Å². The van der Waals surface area contributed by atoms with Crippen LogP contribution >= 0.6 is 50.3 Å². The molecule has 0 aliphatic heterocycles. The molecule has 2 aromatic rings. The SMILES string of the molecule is CSc1ccc(NC(=O)c2cc(I)ccc2Br)cc1. The first-order chi connectivity index (χ1) is 9.10. The van der Waals surface area contributed by atoms with Gasteiger partial charge in [0.15, 0.2) is 0 Å². The van der Waals surface area contributed by atoms with Crippen LogP contribution in [-0.2, 0) is 0 Å². The Balaban J connectivity index is 2.18. The Morgan fingerprint density at radius 3 is 2.53 bits per heavy atom. The molecule has 0 aliphatic rings. The van der Waals surface area contributed by atoms with Crippen LogP contribution in [0.25, 0.3) is 0 Å². The number of halogens is 2. The third-order valence-electron chi connectivity index (χ3n) is 2.52. The lowest BCUT2D eigenvalue weighted by Gasteiger charge is -2.08. The molecule has 0 aromatic heterocycles. The van der Waals surface area contributed by atoms with Gasteiger partial charge < -0.3 is 5.32 Å². The van der Waals surface area contributed by atoms with E-state index in [-0.39, 0.29) is 5.91 Å². The van der Waals surface area contributed by atoms with E-state index in [4.69, 9.17) is 0 Å². The average Bonchev–Trinajstić information content (AvgIpc) is 2.42. The van der Waals surface area contributed by atoms with Crippen molar-refractivity contribution in [2.45, 2.75) is 4.90 Å². The van der Waals surface area contributed by atoms with Crippen molar-refractivity contribution in [1.29, 1.82) is 0 Å². The Bertz CT molecular complexity index is 601. The van der Waals surface area contributed by atoms with Gasteiger partial charge in [0.25, 0.3) is 5.91 Å². The standard InChI is InChI=1S/C14H11BrINOS/c1-19-11-5-3-10(4-6-11)17-14(18)12-8-9(16)2-7-13(12)15/h2-8H,1H3,(H,17,18). The van der Waals surface area contributed by atoms with Crippen LogP contribution < -0.4 is 5.32 Å². The van der Waals surface area contributed by atoms with E-state index in [1.165, 1.54) is 4.90 Å². The van der Waals surface area contributed by atoms with Crippen molar-refractivity contribution >= 4 is 61.9 Å². The van der Waals surface area contributed by atoms with Crippen LogP contribution in [0.1, 0.15) is 10.4 Å². The van der Waals surface area contributed by atoms with Gasteiger partial charge in [0, 0.05) is 18.6 Å². The lowest BCUT2D eigenvalue weighted by atomic mass is 10.2. The molecule has 0 unspecified atom stereocenters. The van der Waals surface area contributed by atoms with Crippen molar-refractivity contribution in [2.75, 3.05) is 11.6 Å². The minimum absolute atomic E-state index is 0.109. The summed E-state index contributed by atoms with van der Waals surface area (Å²) in [6, 6.07) is 13.5. The molecule has 98 valence electrons. The second-order valence-electron chi connectivity index (χ2n) is 3.81. The van der Waals surface area contributed by atoms with Gasteiger partial charge in [0.2, 0.25) is 0 Å². The molecule has 0 radical (unpaired) electrons. The van der Waals surface area contributed by atoms with Gasteiger partial charge in [0.1, 0.15) is 0 Å². The van der Waals surface area contributed by atoms with Crippen LogP contribution in [0.3, 0.4) is 0 Å². The number of thioether (sulfide) groups is 1. The third kappa shape index (κ3) is 3.97. The van der Waals surface area contributed by atoms with Crippen molar-refractivity contribution in [3.63, 3.8) is 0 Å². The second kappa shape index (κ2) is 6.76. The minimum atomic E-state index is -0.109. The normalized spacial score (nSPS) is 10.3. The number of carbonyl (C=O) groups is 1. The zero-order valence-electron chi connectivity index (χ0n) is 10.1. The highest BCUT2D eigenvalue weighted by Crippen LogP contribution is 2.22. The number of hydrogen-bond donors (Lipinski definition) is 1. The van der Waals surface area contributed by atoms with Crippen LogP contribution in [0.15, 0.2) is 51.8 Å². The maximum atomic E-state index is 12.2. The summed E-state index contributed by atoms with van der Waals surface area (Å²) in [7, 11) is 0. The van der Waals surface area contributed by atoms with Gasteiger partial charge >= 0.3 is 0 Å². The molecule has 5 heteroatoms. The van der Waals surface area contributed by atoms with Gasteiger partial charge in [-0.15, -0.1) is 11.8 Å². The lowest BCUT2D eigenvalue weighted by molar-refractivity contribution is 0.102. The van der Waals surface area contributed by atoms with Crippen molar-refractivity contribution in [3.8, 4) is 0 Å². The quantitative estimate of drug-likeness (QED) is 0.528. The highest BCUT2D eigenvalue weighted by atomic mass is 127. The molecular formula is C14H11BrINOS. The molecule has 19 heavy (non-hydrogen) atoms. The number of anilines is 1. The summed E-state index contributed by atoms with van der Waals surface area (Å²) in [6.07, 6.45) is 2.02. The Labute approximate surface area is 138 Å². The Hall–Kier alpha value is -0.530. The predicted octanol–water partition coefficient (Wildman–Crippen LogP) is 5.03. The summed E-state index contributed by atoms with van der Waals surface area (Å²) in [4.78, 5) is 13.4. The van der Waals surface area contributed by atoms with Crippen LogP contribution in [0.2, 0.25) is 0 Å². The maximum Gasteiger partial charge on any atom is 0.256 e. The minimum Gasteiger partial charge on any atom is -0.322 e. The molecular weight excluding hydrogens is 437 g/mol. The van der Waals surface area contributed by atoms with Gasteiger partial charge in [-0.1, -0.05) is 0 Å². The highest BCUT2D eigenvalue weighted by molar-refractivity contribution is 14.1. The fraction of sp³-hybridized carbons (Fsp3) is 0.0714. The molecule has 2 nitrogen and oxygen atoms in total.